The molecule has 0 saturated carbocycles. The summed E-state index contributed by atoms with van der Waals surface area (Å²) in [6, 6.07) is 16.9. The summed E-state index contributed by atoms with van der Waals surface area (Å²) in [5.41, 5.74) is 1.62. The van der Waals surface area contributed by atoms with Crippen molar-refractivity contribution in [2.45, 2.75) is 6.61 Å². The highest BCUT2D eigenvalue weighted by Gasteiger charge is 2.28. The number of allylic oxidation sites excluding steroid dienone is 1. The third-order valence-electron chi connectivity index (χ3n) is 4.47. The minimum absolute atomic E-state index is 0.0807. The van der Waals surface area contributed by atoms with Gasteiger partial charge in [-0.25, -0.2) is 4.39 Å². The zero-order chi connectivity index (χ0) is 20.4. The molecule has 4 nitrogen and oxygen atoms in total. The average Bonchev–Trinajstić information content (AvgIpc) is 3.02. The van der Waals surface area contributed by atoms with Gasteiger partial charge in [0.1, 0.15) is 29.7 Å². The quantitative estimate of drug-likeness (QED) is 0.457. The van der Waals surface area contributed by atoms with Crippen LogP contribution in [-0.2, 0) is 6.61 Å². The minimum atomic E-state index is -0.326. The van der Waals surface area contributed by atoms with Crippen molar-refractivity contribution in [2.24, 2.45) is 0 Å². The Morgan fingerprint density at radius 1 is 1.10 bits per heavy atom. The number of benzene rings is 3. The second-order valence-corrected chi connectivity index (χ2v) is 7.28. The summed E-state index contributed by atoms with van der Waals surface area (Å²) in [6.45, 7) is 0.0807. The van der Waals surface area contributed by atoms with Gasteiger partial charge in [0, 0.05) is 21.7 Å². The van der Waals surface area contributed by atoms with Gasteiger partial charge in [0.05, 0.1) is 12.7 Å². The molecule has 146 valence electrons. The molecule has 3 aromatic carbocycles. The lowest BCUT2D eigenvalue weighted by Gasteiger charge is -2.08. The number of ether oxygens (including phenoxy) is 3. The van der Waals surface area contributed by atoms with Crippen LogP contribution in [0.4, 0.5) is 4.39 Å². The number of carbonyl (C=O) groups is 1. The van der Waals surface area contributed by atoms with E-state index in [1.807, 2.05) is 12.1 Å². The summed E-state index contributed by atoms with van der Waals surface area (Å²) < 4.78 is 31.4. The summed E-state index contributed by atoms with van der Waals surface area (Å²) in [5.74, 6) is 1.17. The molecule has 1 heterocycles. The van der Waals surface area contributed by atoms with Gasteiger partial charge in [-0.15, -0.1) is 0 Å². The van der Waals surface area contributed by atoms with Crippen molar-refractivity contribution >= 4 is 27.8 Å². The van der Waals surface area contributed by atoms with Crippen LogP contribution >= 0.6 is 15.9 Å². The second-order valence-electron chi connectivity index (χ2n) is 6.36. The molecule has 0 amide bonds. The van der Waals surface area contributed by atoms with Crippen LogP contribution in [0.5, 0.6) is 17.2 Å². The highest BCUT2D eigenvalue weighted by Crippen LogP contribution is 2.36. The van der Waals surface area contributed by atoms with Gasteiger partial charge in [-0.2, -0.15) is 0 Å². The molecular formula is C23H16BrFO4. The van der Waals surface area contributed by atoms with Crippen LogP contribution in [0.25, 0.3) is 6.08 Å². The molecule has 0 unspecified atom stereocenters. The predicted octanol–water partition coefficient (Wildman–Crippen LogP) is 5.79. The third kappa shape index (κ3) is 4.03. The molecule has 1 aliphatic rings. The predicted molar refractivity (Wildman–Crippen MR) is 111 cm³/mol. The van der Waals surface area contributed by atoms with Crippen LogP contribution in [0.1, 0.15) is 21.5 Å². The van der Waals surface area contributed by atoms with Crippen molar-refractivity contribution in [3.63, 3.8) is 0 Å². The van der Waals surface area contributed by atoms with Crippen LogP contribution < -0.4 is 14.2 Å². The van der Waals surface area contributed by atoms with E-state index in [0.29, 0.717) is 33.9 Å². The fourth-order valence-electron chi connectivity index (χ4n) is 2.99. The van der Waals surface area contributed by atoms with Gasteiger partial charge >= 0.3 is 0 Å². The summed E-state index contributed by atoms with van der Waals surface area (Å²) in [7, 11) is 1.57. The molecule has 0 spiro atoms. The van der Waals surface area contributed by atoms with Crippen molar-refractivity contribution in [3.8, 4) is 17.2 Å². The Balaban J connectivity index is 1.56. The van der Waals surface area contributed by atoms with Gasteiger partial charge in [0.15, 0.2) is 5.76 Å². The van der Waals surface area contributed by atoms with Gasteiger partial charge < -0.3 is 14.2 Å². The molecule has 1 aliphatic heterocycles. The number of Topliss-reactive ketones (excluding diaryl/α,β-unsaturated/α-hetero) is 1. The summed E-state index contributed by atoms with van der Waals surface area (Å²) in [4.78, 5) is 12.7. The van der Waals surface area contributed by atoms with E-state index in [2.05, 4.69) is 15.9 Å². The van der Waals surface area contributed by atoms with E-state index in [9.17, 15) is 9.18 Å². The largest absolute Gasteiger partial charge is 0.496 e. The molecule has 0 N–H and O–H groups in total. The summed E-state index contributed by atoms with van der Waals surface area (Å²) >= 11 is 3.42. The van der Waals surface area contributed by atoms with Crippen LogP contribution in [0, 0.1) is 5.82 Å². The fourth-order valence-corrected chi connectivity index (χ4v) is 3.37. The molecule has 4 rings (SSSR count). The first-order valence-corrected chi connectivity index (χ1v) is 9.62. The van der Waals surface area contributed by atoms with Crippen LogP contribution in [0.15, 0.2) is 70.9 Å². The van der Waals surface area contributed by atoms with Crippen molar-refractivity contribution in [3.05, 3.63) is 93.4 Å². The lowest BCUT2D eigenvalue weighted by Crippen LogP contribution is -1.99. The minimum Gasteiger partial charge on any atom is -0.496 e. The molecular weight excluding hydrogens is 439 g/mol. The molecule has 6 heteroatoms. The van der Waals surface area contributed by atoms with E-state index in [-0.39, 0.29) is 24.0 Å². The highest BCUT2D eigenvalue weighted by atomic mass is 79.9. The Bertz CT molecular complexity index is 1120. The standard InChI is InChI=1S/C23H16BrFO4/c1-27-20-9-6-16(24)10-15(20)11-22-23(26)18-8-7-17(12-21(18)29-22)28-13-14-4-2-3-5-19(14)25/h2-12H,13H2,1H3/b22-11-. The Morgan fingerprint density at radius 3 is 2.72 bits per heavy atom. The first kappa shape index (κ1) is 19.2. The molecule has 0 aromatic heterocycles. The lowest BCUT2D eigenvalue weighted by atomic mass is 10.1. The molecule has 0 saturated heterocycles. The smallest absolute Gasteiger partial charge is 0.231 e. The van der Waals surface area contributed by atoms with E-state index in [0.717, 1.165) is 4.47 Å². The zero-order valence-electron chi connectivity index (χ0n) is 15.4. The second kappa shape index (κ2) is 8.09. The van der Waals surface area contributed by atoms with E-state index in [1.54, 1.807) is 55.7 Å². The molecule has 0 fully saturated rings. The first-order chi connectivity index (χ1) is 14.0. The van der Waals surface area contributed by atoms with Crippen molar-refractivity contribution in [1.29, 1.82) is 0 Å². The maximum Gasteiger partial charge on any atom is 0.231 e. The molecule has 0 bridgehead atoms. The number of ketones is 1. The Labute approximate surface area is 175 Å². The summed E-state index contributed by atoms with van der Waals surface area (Å²) in [6.07, 6.45) is 1.64. The van der Waals surface area contributed by atoms with E-state index < -0.39 is 0 Å². The fraction of sp³-hybridized carbons (Fsp3) is 0.0870. The maximum atomic E-state index is 13.7. The van der Waals surface area contributed by atoms with Crippen LogP contribution in [0.3, 0.4) is 0 Å². The Morgan fingerprint density at radius 2 is 1.93 bits per heavy atom. The number of hydrogen-bond donors (Lipinski definition) is 0. The first-order valence-electron chi connectivity index (χ1n) is 8.83. The lowest BCUT2D eigenvalue weighted by molar-refractivity contribution is 0.101. The zero-order valence-corrected chi connectivity index (χ0v) is 17.0. The number of hydrogen-bond acceptors (Lipinski definition) is 4. The van der Waals surface area contributed by atoms with Crippen molar-refractivity contribution in [2.75, 3.05) is 7.11 Å². The van der Waals surface area contributed by atoms with Gasteiger partial charge in [-0.05, 0) is 42.5 Å². The monoisotopic (exact) mass is 454 g/mol. The molecule has 3 aromatic rings. The number of halogens is 2. The van der Waals surface area contributed by atoms with E-state index in [1.165, 1.54) is 6.07 Å². The Hall–Kier alpha value is -3.12. The van der Waals surface area contributed by atoms with Gasteiger partial charge in [-0.3, -0.25) is 4.79 Å². The number of fused-ring (bicyclic) bond motifs is 1. The normalized spacial score (nSPS) is 13.9. The van der Waals surface area contributed by atoms with Crippen LogP contribution in [-0.4, -0.2) is 12.9 Å². The molecule has 0 aliphatic carbocycles. The maximum absolute atomic E-state index is 13.7. The third-order valence-corrected chi connectivity index (χ3v) is 4.97. The molecule has 0 radical (unpaired) electrons. The SMILES string of the molecule is COc1ccc(Br)cc1/C=C1\Oc2cc(OCc3ccccc3F)ccc2C1=O. The molecule has 0 atom stereocenters. The number of rotatable bonds is 5. The summed E-state index contributed by atoms with van der Waals surface area (Å²) in [5, 5.41) is 0. The Kier molecular flexibility index (Phi) is 5.36. The van der Waals surface area contributed by atoms with Gasteiger partial charge in [0.2, 0.25) is 5.78 Å². The van der Waals surface area contributed by atoms with E-state index in [4.69, 9.17) is 14.2 Å². The van der Waals surface area contributed by atoms with Gasteiger partial charge in [0.25, 0.3) is 0 Å². The topological polar surface area (TPSA) is 44.8 Å². The molecule has 29 heavy (non-hydrogen) atoms. The highest BCUT2D eigenvalue weighted by molar-refractivity contribution is 9.10. The van der Waals surface area contributed by atoms with Crippen molar-refractivity contribution in [1.82, 2.24) is 0 Å². The average molecular weight is 455 g/mol. The number of methoxy groups -OCH3 is 1. The van der Waals surface area contributed by atoms with Crippen LogP contribution in [0.2, 0.25) is 0 Å². The van der Waals surface area contributed by atoms with Gasteiger partial charge in [-0.1, -0.05) is 34.1 Å². The van der Waals surface area contributed by atoms with E-state index >= 15 is 0 Å². The van der Waals surface area contributed by atoms with Crippen molar-refractivity contribution < 1.29 is 23.4 Å². The number of carbonyl (C=O) groups excluding carboxylic acids is 1.